The molecule has 0 spiro atoms. The SMILES string of the molecule is C/C(=C\C(=O)O)CC/C=C(\C)CC[C@H](O)C(C)(C)O. The van der Waals surface area contributed by atoms with Crippen molar-refractivity contribution in [3.8, 4) is 0 Å². The lowest BCUT2D eigenvalue weighted by molar-refractivity contribution is -0.131. The summed E-state index contributed by atoms with van der Waals surface area (Å²) in [5.74, 6) is -0.911. The molecule has 0 aliphatic heterocycles. The zero-order valence-corrected chi connectivity index (χ0v) is 12.3. The molecule has 1 atom stereocenters. The maximum absolute atomic E-state index is 10.4. The summed E-state index contributed by atoms with van der Waals surface area (Å²) in [6, 6.07) is 0. The molecule has 0 saturated heterocycles. The minimum Gasteiger partial charge on any atom is -0.478 e. The standard InChI is InChI=1S/C15H26O4/c1-11(8-9-13(16)15(3,4)19)6-5-7-12(2)10-14(17)18/h6,10,13,16,19H,5,7-9H2,1-4H3,(H,17,18)/b11-6+,12-10+/t13-/m0/s1. The Labute approximate surface area is 115 Å². The lowest BCUT2D eigenvalue weighted by atomic mass is 9.95. The zero-order valence-electron chi connectivity index (χ0n) is 12.3. The summed E-state index contributed by atoms with van der Waals surface area (Å²) in [6.45, 7) is 6.97. The summed E-state index contributed by atoms with van der Waals surface area (Å²) in [5.41, 5.74) is 0.917. The third-order valence-corrected chi connectivity index (χ3v) is 3.03. The second-order valence-corrected chi connectivity index (χ2v) is 5.63. The van der Waals surface area contributed by atoms with Crippen LogP contribution in [0.4, 0.5) is 0 Å². The number of carbonyl (C=O) groups is 1. The van der Waals surface area contributed by atoms with E-state index in [0.717, 1.165) is 30.4 Å². The lowest BCUT2D eigenvalue weighted by Crippen LogP contribution is -2.35. The highest BCUT2D eigenvalue weighted by molar-refractivity contribution is 5.80. The maximum atomic E-state index is 10.4. The van der Waals surface area contributed by atoms with Crippen molar-refractivity contribution < 1.29 is 20.1 Å². The second-order valence-electron chi connectivity index (χ2n) is 5.63. The van der Waals surface area contributed by atoms with Gasteiger partial charge in [0.05, 0.1) is 11.7 Å². The Morgan fingerprint density at radius 3 is 2.26 bits per heavy atom. The first kappa shape index (κ1) is 17.9. The fraction of sp³-hybridized carbons (Fsp3) is 0.667. The molecule has 110 valence electrons. The monoisotopic (exact) mass is 270 g/mol. The van der Waals surface area contributed by atoms with Crippen LogP contribution in [0.25, 0.3) is 0 Å². The van der Waals surface area contributed by atoms with E-state index in [-0.39, 0.29) is 0 Å². The Morgan fingerprint density at radius 2 is 1.79 bits per heavy atom. The van der Waals surface area contributed by atoms with E-state index in [1.165, 1.54) is 6.08 Å². The van der Waals surface area contributed by atoms with Crippen LogP contribution >= 0.6 is 0 Å². The normalized spacial score (nSPS) is 15.5. The summed E-state index contributed by atoms with van der Waals surface area (Å²) < 4.78 is 0. The molecule has 0 radical (unpaired) electrons. The Balaban J connectivity index is 4.06. The van der Waals surface area contributed by atoms with E-state index in [1.54, 1.807) is 20.8 Å². The largest absolute Gasteiger partial charge is 0.478 e. The van der Waals surface area contributed by atoms with Gasteiger partial charge in [-0.05, 0) is 53.4 Å². The number of carboxylic acid groups (broad SMARTS) is 1. The van der Waals surface area contributed by atoms with Crippen LogP contribution in [0.5, 0.6) is 0 Å². The molecule has 0 fully saturated rings. The maximum Gasteiger partial charge on any atom is 0.328 e. The van der Waals surface area contributed by atoms with Crippen molar-refractivity contribution in [3.63, 3.8) is 0 Å². The molecule has 0 rings (SSSR count). The van der Waals surface area contributed by atoms with E-state index in [1.807, 2.05) is 6.92 Å². The lowest BCUT2D eigenvalue weighted by Gasteiger charge is -2.24. The van der Waals surface area contributed by atoms with Gasteiger partial charge >= 0.3 is 5.97 Å². The predicted octanol–water partition coefficient (Wildman–Crippen LogP) is 2.66. The van der Waals surface area contributed by atoms with Crippen LogP contribution in [0.15, 0.2) is 23.3 Å². The average molecular weight is 270 g/mol. The first-order valence-corrected chi connectivity index (χ1v) is 6.59. The van der Waals surface area contributed by atoms with Crippen molar-refractivity contribution in [2.45, 2.75) is 65.1 Å². The molecule has 19 heavy (non-hydrogen) atoms. The van der Waals surface area contributed by atoms with E-state index >= 15 is 0 Å². The van der Waals surface area contributed by atoms with Crippen molar-refractivity contribution >= 4 is 5.97 Å². The van der Waals surface area contributed by atoms with Gasteiger partial charge in [-0.15, -0.1) is 0 Å². The van der Waals surface area contributed by atoms with Gasteiger partial charge in [0.2, 0.25) is 0 Å². The van der Waals surface area contributed by atoms with E-state index in [0.29, 0.717) is 6.42 Å². The van der Waals surface area contributed by atoms with Crippen molar-refractivity contribution in [3.05, 3.63) is 23.3 Å². The van der Waals surface area contributed by atoms with Gasteiger partial charge in [-0.25, -0.2) is 4.79 Å². The topological polar surface area (TPSA) is 77.8 Å². The Morgan fingerprint density at radius 1 is 1.21 bits per heavy atom. The molecule has 0 aromatic carbocycles. The van der Waals surface area contributed by atoms with Crippen molar-refractivity contribution in [1.82, 2.24) is 0 Å². The molecular weight excluding hydrogens is 244 g/mol. The van der Waals surface area contributed by atoms with Gasteiger partial charge in [-0.3, -0.25) is 0 Å². The molecule has 4 nitrogen and oxygen atoms in total. The van der Waals surface area contributed by atoms with Gasteiger partial charge in [0.15, 0.2) is 0 Å². The smallest absolute Gasteiger partial charge is 0.328 e. The summed E-state index contributed by atoms with van der Waals surface area (Å²) in [7, 11) is 0. The number of aliphatic hydroxyl groups is 2. The second kappa shape index (κ2) is 8.12. The van der Waals surface area contributed by atoms with E-state index in [9.17, 15) is 15.0 Å². The van der Waals surface area contributed by atoms with Gasteiger partial charge in [-0.2, -0.15) is 0 Å². The molecule has 0 saturated carbocycles. The van der Waals surface area contributed by atoms with Crippen LogP contribution in [-0.2, 0) is 4.79 Å². The Kier molecular flexibility index (Phi) is 7.64. The third-order valence-electron chi connectivity index (χ3n) is 3.03. The van der Waals surface area contributed by atoms with Crippen molar-refractivity contribution in [2.75, 3.05) is 0 Å². The molecule has 0 aliphatic rings. The van der Waals surface area contributed by atoms with Crippen LogP contribution in [0.1, 0.15) is 53.4 Å². The number of hydrogen-bond donors (Lipinski definition) is 3. The average Bonchev–Trinajstić information content (AvgIpc) is 2.23. The molecule has 0 amide bonds. The van der Waals surface area contributed by atoms with Crippen LogP contribution < -0.4 is 0 Å². The Bertz CT molecular complexity index is 348. The minimum atomic E-state index is -1.07. The first-order chi connectivity index (χ1) is 8.62. The third kappa shape index (κ3) is 9.45. The molecule has 0 aromatic heterocycles. The summed E-state index contributed by atoms with van der Waals surface area (Å²) in [6.07, 6.45) is 5.31. The van der Waals surface area contributed by atoms with Gasteiger partial charge in [0.25, 0.3) is 0 Å². The minimum absolute atomic E-state index is 0.524. The van der Waals surface area contributed by atoms with Gasteiger partial charge in [-0.1, -0.05) is 17.2 Å². The van der Waals surface area contributed by atoms with E-state index in [4.69, 9.17) is 5.11 Å². The molecule has 0 aliphatic carbocycles. The van der Waals surface area contributed by atoms with Gasteiger partial charge in [0.1, 0.15) is 0 Å². The van der Waals surface area contributed by atoms with Crippen LogP contribution in [0.2, 0.25) is 0 Å². The molecular formula is C15H26O4. The van der Waals surface area contributed by atoms with Crippen LogP contribution in [-0.4, -0.2) is 33.0 Å². The highest BCUT2D eigenvalue weighted by atomic mass is 16.4. The fourth-order valence-corrected chi connectivity index (χ4v) is 1.65. The molecule has 4 heteroatoms. The van der Waals surface area contributed by atoms with Crippen molar-refractivity contribution in [2.24, 2.45) is 0 Å². The highest BCUT2D eigenvalue weighted by Gasteiger charge is 2.23. The summed E-state index contributed by atoms with van der Waals surface area (Å²) in [5, 5.41) is 27.9. The highest BCUT2D eigenvalue weighted by Crippen LogP contribution is 2.17. The summed E-state index contributed by atoms with van der Waals surface area (Å²) >= 11 is 0. The predicted molar refractivity (Wildman–Crippen MR) is 75.9 cm³/mol. The van der Waals surface area contributed by atoms with Crippen molar-refractivity contribution in [1.29, 1.82) is 0 Å². The fourth-order valence-electron chi connectivity index (χ4n) is 1.65. The first-order valence-electron chi connectivity index (χ1n) is 6.59. The number of rotatable bonds is 8. The quantitative estimate of drug-likeness (QED) is 0.468. The number of aliphatic hydroxyl groups excluding tert-OH is 1. The Hall–Kier alpha value is -1.13. The molecule has 0 unspecified atom stereocenters. The van der Waals surface area contributed by atoms with Crippen LogP contribution in [0, 0.1) is 0 Å². The van der Waals surface area contributed by atoms with Crippen LogP contribution in [0.3, 0.4) is 0 Å². The molecule has 0 bridgehead atoms. The van der Waals surface area contributed by atoms with Gasteiger partial charge in [0, 0.05) is 6.08 Å². The van der Waals surface area contributed by atoms with E-state index in [2.05, 4.69) is 6.08 Å². The number of aliphatic carboxylic acids is 1. The molecule has 0 aromatic rings. The number of carboxylic acids is 1. The molecule has 0 heterocycles. The summed E-state index contributed by atoms with van der Waals surface area (Å²) in [4.78, 5) is 10.4. The zero-order chi connectivity index (χ0) is 15.1. The van der Waals surface area contributed by atoms with Gasteiger partial charge < -0.3 is 15.3 Å². The van der Waals surface area contributed by atoms with E-state index < -0.39 is 17.7 Å². The molecule has 3 N–H and O–H groups in total. The number of hydrogen-bond acceptors (Lipinski definition) is 3. The number of allylic oxidation sites excluding steroid dienone is 3.